The molecule has 0 aromatic carbocycles. The number of amides is 1. The van der Waals surface area contributed by atoms with Crippen molar-refractivity contribution in [2.75, 3.05) is 33.4 Å². The van der Waals surface area contributed by atoms with Crippen LogP contribution in [0.25, 0.3) is 0 Å². The van der Waals surface area contributed by atoms with Gasteiger partial charge in [0.25, 0.3) is 0 Å². The van der Waals surface area contributed by atoms with Gasteiger partial charge < -0.3 is 15.4 Å². The zero-order valence-electron chi connectivity index (χ0n) is 10.3. The van der Waals surface area contributed by atoms with E-state index >= 15 is 0 Å². The molecule has 0 heterocycles. The summed E-state index contributed by atoms with van der Waals surface area (Å²) in [6, 6.07) is 0. The zero-order valence-corrected chi connectivity index (χ0v) is 10.3. The summed E-state index contributed by atoms with van der Waals surface area (Å²) in [6.07, 6.45) is 0. The molecule has 1 amide bonds. The Morgan fingerprint density at radius 1 is 1.33 bits per heavy atom. The van der Waals surface area contributed by atoms with E-state index in [1.807, 2.05) is 14.0 Å². The molecule has 0 spiro atoms. The Labute approximate surface area is 92.8 Å². The van der Waals surface area contributed by atoms with Gasteiger partial charge in [0.15, 0.2) is 0 Å². The van der Waals surface area contributed by atoms with Crippen molar-refractivity contribution in [3.63, 3.8) is 0 Å². The number of nitrogens with one attached hydrogen (secondary N) is 2. The van der Waals surface area contributed by atoms with Crippen molar-refractivity contribution >= 4 is 5.91 Å². The third kappa shape index (κ3) is 8.39. The van der Waals surface area contributed by atoms with Gasteiger partial charge in [0.05, 0.1) is 6.61 Å². The molecule has 0 aromatic rings. The number of carbonyl (C=O) groups excluding carboxylic acids is 1. The first-order valence-corrected chi connectivity index (χ1v) is 5.58. The van der Waals surface area contributed by atoms with Gasteiger partial charge in [-0.2, -0.15) is 0 Å². The van der Waals surface area contributed by atoms with E-state index in [2.05, 4.69) is 24.5 Å². The number of hydrogen-bond donors (Lipinski definition) is 2. The minimum atomic E-state index is 0.0140. The van der Waals surface area contributed by atoms with Crippen LogP contribution in [0, 0.1) is 11.8 Å². The smallest absolute Gasteiger partial charge is 0.224 e. The highest BCUT2D eigenvalue weighted by Gasteiger charge is 2.10. The van der Waals surface area contributed by atoms with E-state index in [9.17, 15) is 4.79 Å². The summed E-state index contributed by atoms with van der Waals surface area (Å²) in [5.74, 6) is 0.640. The Morgan fingerprint density at radius 2 is 2.00 bits per heavy atom. The maximum absolute atomic E-state index is 11.4. The average molecular weight is 216 g/mol. The predicted molar refractivity (Wildman–Crippen MR) is 61.8 cm³/mol. The lowest BCUT2D eigenvalue weighted by Crippen LogP contribution is -2.36. The lowest BCUT2D eigenvalue weighted by Gasteiger charge is -2.12. The number of ether oxygens (including phenoxy) is 1. The number of rotatable bonds is 8. The minimum Gasteiger partial charge on any atom is -0.379 e. The van der Waals surface area contributed by atoms with Crippen molar-refractivity contribution in [3.8, 4) is 0 Å². The summed E-state index contributed by atoms with van der Waals surface area (Å²) in [4.78, 5) is 11.4. The van der Waals surface area contributed by atoms with Crippen LogP contribution >= 0.6 is 0 Å². The third-order valence-electron chi connectivity index (χ3n) is 1.95. The quantitative estimate of drug-likeness (QED) is 0.585. The van der Waals surface area contributed by atoms with Crippen molar-refractivity contribution in [2.24, 2.45) is 11.8 Å². The summed E-state index contributed by atoms with van der Waals surface area (Å²) < 4.78 is 5.35. The Balaban J connectivity index is 3.38. The highest BCUT2D eigenvalue weighted by atomic mass is 16.5. The van der Waals surface area contributed by atoms with Crippen LogP contribution in [0.2, 0.25) is 0 Å². The van der Waals surface area contributed by atoms with Gasteiger partial charge >= 0.3 is 0 Å². The largest absolute Gasteiger partial charge is 0.379 e. The summed E-state index contributed by atoms with van der Waals surface area (Å²) in [6.45, 7) is 8.76. The van der Waals surface area contributed by atoms with Crippen LogP contribution < -0.4 is 10.6 Å². The molecule has 0 aliphatic carbocycles. The number of hydrogen-bond acceptors (Lipinski definition) is 3. The molecule has 0 saturated carbocycles. The second-order valence-corrected chi connectivity index (χ2v) is 4.22. The normalized spacial score (nSPS) is 12.9. The Kier molecular flexibility index (Phi) is 8.33. The van der Waals surface area contributed by atoms with Gasteiger partial charge in [-0.15, -0.1) is 0 Å². The second-order valence-electron chi connectivity index (χ2n) is 4.22. The fourth-order valence-electron chi connectivity index (χ4n) is 1.14. The predicted octanol–water partition coefficient (Wildman–Crippen LogP) is 0.631. The van der Waals surface area contributed by atoms with Crippen molar-refractivity contribution in [3.05, 3.63) is 0 Å². The van der Waals surface area contributed by atoms with Gasteiger partial charge in [-0.05, 0) is 13.0 Å². The summed E-state index contributed by atoms with van der Waals surface area (Å²) in [5.41, 5.74) is 0. The highest BCUT2D eigenvalue weighted by Crippen LogP contribution is 1.93. The first-order chi connectivity index (χ1) is 7.07. The van der Waals surface area contributed by atoms with Gasteiger partial charge in [-0.25, -0.2) is 0 Å². The van der Waals surface area contributed by atoms with Crippen molar-refractivity contribution in [2.45, 2.75) is 20.8 Å². The molecule has 4 nitrogen and oxygen atoms in total. The topological polar surface area (TPSA) is 50.4 Å². The summed E-state index contributed by atoms with van der Waals surface area (Å²) >= 11 is 0. The highest BCUT2D eigenvalue weighted by molar-refractivity contribution is 5.78. The molecule has 1 atom stereocenters. The van der Waals surface area contributed by atoms with Crippen LogP contribution in [0.3, 0.4) is 0 Å². The molecule has 90 valence electrons. The van der Waals surface area contributed by atoms with E-state index < -0.39 is 0 Å². The first kappa shape index (κ1) is 14.4. The molecule has 0 saturated heterocycles. The lowest BCUT2D eigenvalue weighted by atomic mass is 10.1. The zero-order chi connectivity index (χ0) is 11.7. The fourth-order valence-corrected chi connectivity index (χ4v) is 1.14. The standard InChI is InChI=1S/C11H24N2O2/c1-9(2)8-15-6-5-13-11(14)10(3)7-12-4/h9-10,12H,5-8H2,1-4H3,(H,13,14). The van der Waals surface area contributed by atoms with E-state index in [4.69, 9.17) is 4.74 Å². The first-order valence-electron chi connectivity index (χ1n) is 5.58. The molecule has 0 radical (unpaired) electrons. The average Bonchev–Trinajstić information content (AvgIpc) is 2.16. The Hall–Kier alpha value is -0.610. The van der Waals surface area contributed by atoms with E-state index in [1.54, 1.807) is 0 Å². The molecule has 0 fully saturated rings. The van der Waals surface area contributed by atoms with Gasteiger partial charge in [0, 0.05) is 25.6 Å². The SMILES string of the molecule is CNCC(C)C(=O)NCCOCC(C)C. The van der Waals surface area contributed by atoms with E-state index in [0.717, 1.165) is 6.61 Å². The number of carbonyl (C=O) groups is 1. The van der Waals surface area contributed by atoms with Gasteiger partial charge in [0.1, 0.15) is 0 Å². The fraction of sp³-hybridized carbons (Fsp3) is 0.909. The van der Waals surface area contributed by atoms with E-state index in [1.165, 1.54) is 0 Å². The monoisotopic (exact) mass is 216 g/mol. The van der Waals surface area contributed by atoms with Gasteiger partial charge in [-0.3, -0.25) is 4.79 Å². The molecule has 0 aliphatic heterocycles. The lowest BCUT2D eigenvalue weighted by molar-refractivity contribution is -0.124. The summed E-state index contributed by atoms with van der Waals surface area (Å²) in [5, 5.41) is 5.81. The molecule has 15 heavy (non-hydrogen) atoms. The van der Waals surface area contributed by atoms with Crippen molar-refractivity contribution in [1.82, 2.24) is 10.6 Å². The molecular weight excluding hydrogens is 192 g/mol. The molecule has 0 rings (SSSR count). The van der Waals surface area contributed by atoms with Crippen LogP contribution in [0.5, 0.6) is 0 Å². The molecule has 4 heteroatoms. The van der Waals surface area contributed by atoms with E-state index in [-0.39, 0.29) is 11.8 Å². The van der Waals surface area contributed by atoms with Gasteiger partial charge in [-0.1, -0.05) is 20.8 Å². The second kappa shape index (κ2) is 8.68. The minimum absolute atomic E-state index is 0.0140. The van der Waals surface area contributed by atoms with Crippen molar-refractivity contribution in [1.29, 1.82) is 0 Å². The van der Waals surface area contributed by atoms with Gasteiger partial charge in [0.2, 0.25) is 5.91 Å². The van der Waals surface area contributed by atoms with Crippen LogP contribution in [-0.2, 0) is 9.53 Å². The Morgan fingerprint density at radius 3 is 2.53 bits per heavy atom. The maximum Gasteiger partial charge on any atom is 0.224 e. The molecule has 2 N–H and O–H groups in total. The van der Waals surface area contributed by atoms with Crippen LogP contribution in [0.4, 0.5) is 0 Å². The molecular formula is C11H24N2O2. The van der Waals surface area contributed by atoms with Crippen LogP contribution in [-0.4, -0.2) is 39.3 Å². The van der Waals surface area contributed by atoms with Crippen LogP contribution in [0.1, 0.15) is 20.8 Å². The molecule has 0 aromatic heterocycles. The third-order valence-corrected chi connectivity index (χ3v) is 1.95. The summed E-state index contributed by atoms with van der Waals surface area (Å²) in [7, 11) is 1.84. The maximum atomic E-state index is 11.4. The molecule has 0 aliphatic rings. The van der Waals surface area contributed by atoms with E-state index in [0.29, 0.717) is 25.6 Å². The Bertz CT molecular complexity index is 172. The molecule has 1 unspecified atom stereocenters. The van der Waals surface area contributed by atoms with Crippen LogP contribution in [0.15, 0.2) is 0 Å². The van der Waals surface area contributed by atoms with Crippen molar-refractivity contribution < 1.29 is 9.53 Å². The molecule has 0 bridgehead atoms.